The Morgan fingerprint density at radius 2 is 1.31 bits per heavy atom. The summed E-state index contributed by atoms with van der Waals surface area (Å²) in [6.45, 7) is 16.5. The van der Waals surface area contributed by atoms with Gasteiger partial charge in [-0.25, -0.2) is 0 Å². The predicted molar refractivity (Wildman–Crippen MR) is 61.9 cm³/mol. The summed E-state index contributed by atoms with van der Waals surface area (Å²) >= 11 is 0. The molecule has 0 spiro atoms. The zero-order chi connectivity index (χ0) is 10.7. The molecule has 0 aliphatic heterocycles. The van der Waals surface area contributed by atoms with E-state index in [0.29, 0.717) is 10.8 Å². The van der Waals surface area contributed by atoms with Crippen molar-refractivity contribution in [2.45, 2.75) is 67.7 Å². The minimum Gasteiger partial charge on any atom is -0.0649 e. The van der Waals surface area contributed by atoms with Gasteiger partial charge >= 0.3 is 0 Å². The Balaban J connectivity index is 4.31. The van der Waals surface area contributed by atoms with Gasteiger partial charge in [0, 0.05) is 0 Å². The van der Waals surface area contributed by atoms with Crippen molar-refractivity contribution < 1.29 is 0 Å². The van der Waals surface area contributed by atoms with Crippen molar-refractivity contribution in [3.05, 3.63) is 0 Å². The fourth-order valence-electron chi connectivity index (χ4n) is 2.11. The molecule has 1 unspecified atom stereocenters. The molecule has 1 atom stereocenters. The monoisotopic (exact) mass is 184 g/mol. The first-order valence-corrected chi connectivity index (χ1v) is 5.75. The van der Waals surface area contributed by atoms with Crippen LogP contribution in [0.3, 0.4) is 0 Å². The summed E-state index contributed by atoms with van der Waals surface area (Å²) in [5, 5.41) is 0. The van der Waals surface area contributed by atoms with Crippen LogP contribution >= 0.6 is 0 Å². The molecule has 80 valence electrons. The Kier molecular flexibility index (Phi) is 4.48. The Labute approximate surface area is 85.1 Å². The van der Waals surface area contributed by atoms with E-state index in [9.17, 15) is 0 Å². The van der Waals surface area contributed by atoms with Crippen LogP contribution in [0.1, 0.15) is 67.7 Å². The highest BCUT2D eigenvalue weighted by Crippen LogP contribution is 2.40. The molecule has 0 heterocycles. The van der Waals surface area contributed by atoms with Gasteiger partial charge in [-0.1, -0.05) is 61.3 Å². The van der Waals surface area contributed by atoms with Gasteiger partial charge in [-0.3, -0.25) is 0 Å². The Hall–Kier alpha value is 0. The largest absolute Gasteiger partial charge is 0.0649 e. The molecule has 13 heavy (non-hydrogen) atoms. The standard InChI is InChI=1S/C13H28/c1-8-13(7,9-2)11(3)10-12(4,5)6/h11H,8-10H2,1-7H3. The molecule has 0 aliphatic rings. The van der Waals surface area contributed by atoms with E-state index in [1.54, 1.807) is 0 Å². The van der Waals surface area contributed by atoms with E-state index in [0.717, 1.165) is 5.92 Å². The highest BCUT2D eigenvalue weighted by atomic mass is 14.3. The third-order valence-corrected chi connectivity index (χ3v) is 3.72. The minimum absolute atomic E-state index is 0.477. The first-order valence-electron chi connectivity index (χ1n) is 5.75. The minimum atomic E-state index is 0.477. The van der Waals surface area contributed by atoms with Crippen LogP contribution in [0.5, 0.6) is 0 Å². The van der Waals surface area contributed by atoms with Crippen LogP contribution < -0.4 is 0 Å². The molecule has 0 aromatic heterocycles. The molecule has 0 bridgehead atoms. The molecule has 0 aliphatic carbocycles. The van der Waals surface area contributed by atoms with Crippen LogP contribution in [-0.4, -0.2) is 0 Å². The van der Waals surface area contributed by atoms with Crippen molar-refractivity contribution in [1.82, 2.24) is 0 Å². The maximum atomic E-state index is 2.43. The molecule has 0 nitrogen and oxygen atoms in total. The number of hydrogen-bond acceptors (Lipinski definition) is 0. The molecule has 0 fully saturated rings. The Morgan fingerprint density at radius 1 is 0.923 bits per heavy atom. The topological polar surface area (TPSA) is 0 Å². The van der Waals surface area contributed by atoms with Crippen LogP contribution in [0.2, 0.25) is 0 Å². The van der Waals surface area contributed by atoms with Crippen molar-refractivity contribution in [2.75, 3.05) is 0 Å². The Bertz CT molecular complexity index is 135. The Morgan fingerprint density at radius 3 is 1.54 bits per heavy atom. The second-order valence-electron chi connectivity index (χ2n) is 6.03. The second-order valence-corrected chi connectivity index (χ2v) is 6.03. The lowest BCUT2D eigenvalue weighted by Crippen LogP contribution is -2.27. The molecule has 0 aromatic carbocycles. The van der Waals surface area contributed by atoms with Gasteiger partial charge in [-0.15, -0.1) is 0 Å². The highest BCUT2D eigenvalue weighted by Gasteiger charge is 2.30. The second kappa shape index (κ2) is 4.48. The van der Waals surface area contributed by atoms with E-state index in [2.05, 4.69) is 48.5 Å². The summed E-state index contributed by atoms with van der Waals surface area (Å²) in [6.07, 6.45) is 3.95. The third-order valence-electron chi connectivity index (χ3n) is 3.72. The molecule has 0 heteroatoms. The van der Waals surface area contributed by atoms with Gasteiger partial charge in [0.15, 0.2) is 0 Å². The third kappa shape index (κ3) is 4.15. The van der Waals surface area contributed by atoms with E-state index in [1.807, 2.05) is 0 Å². The van der Waals surface area contributed by atoms with Crippen LogP contribution in [0.15, 0.2) is 0 Å². The summed E-state index contributed by atoms with van der Waals surface area (Å²) in [5.41, 5.74) is 1.03. The number of hydrogen-bond donors (Lipinski definition) is 0. The van der Waals surface area contributed by atoms with Gasteiger partial charge in [0.2, 0.25) is 0 Å². The molecule has 0 aromatic rings. The van der Waals surface area contributed by atoms with Crippen LogP contribution in [0.4, 0.5) is 0 Å². The summed E-state index contributed by atoms with van der Waals surface area (Å²) in [4.78, 5) is 0. The van der Waals surface area contributed by atoms with E-state index < -0.39 is 0 Å². The molecule has 0 rings (SSSR count). The zero-order valence-corrected chi connectivity index (χ0v) is 10.7. The van der Waals surface area contributed by atoms with E-state index >= 15 is 0 Å². The SMILES string of the molecule is CCC(C)(CC)C(C)CC(C)(C)C. The fourth-order valence-corrected chi connectivity index (χ4v) is 2.11. The molecule has 0 radical (unpaired) electrons. The zero-order valence-electron chi connectivity index (χ0n) is 10.7. The van der Waals surface area contributed by atoms with Gasteiger partial charge in [0.05, 0.1) is 0 Å². The predicted octanol–water partition coefficient (Wildman–Crippen LogP) is 4.89. The summed E-state index contributed by atoms with van der Waals surface area (Å²) < 4.78 is 0. The van der Waals surface area contributed by atoms with Crippen LogP contribution in [0, 0.1) is 16.7 Å². The molecular formula is C13H28. The van der Waals surface area contributed by atoms with E-state index in [4.69, 9.17) is 0 Å². The molecule has 0 amide bonds. The van der Waals surface area contributed by atoms with E-state index in [1.165, 1.54) is 19.3 Å². The molecule has 0 N–H and O–H groups in total. The van der Waals surface area contributed by atoms with Crippen molar-refractivity contribution in [2.24, 2.45) is 16.7 Å². The first-order chi connectivity index (χ1) is 5.75. The summed E-state index contributed by atoms with van der Waals surface area (Å²) in [7, 11) is 0. The molecular weight excluding hydrogens is 156 g/mol. The highest BCUT2D eigenvalue weighted by molar-refractivity contribution is 4.80. The average molecular weight is 184 g/mol. The summed E-state index contributed by atoms with van der Waals surface area (Å²) in [6, 6.07) is 0. The first kappa shape index (κ1) is 13.0. The van der Waals surface area contributed by atoms with Crippen LogP contribution in [0.25, 0.3) is 0 Å². The average Bonchev–Trinajstić information content (AvgIpc) is 2.00. The van der Waals surface area contributed by atoms with Crippen molar-refractivity contribution >= 4 is 0 Å². The van der Waals surface area contributed by atoms with Crippen molar-refractivity contribution in [3.63, 3.8) is 0 Å². The lowest BCUT2D eigenvalue weighted by atomic mass is 9.68. The van der Waals surface area contributed by atoms with E-state index in [-0.39, 0.29) is 0 Å². The van der Waals surface area contributed by atoms with Gasteiger partial charge in [-0.05, 0) is 23.2 Å². The quantitative estimate of drug-likeness (QED) is 0.584. The maximum Gasteiger partial charge on any atom is -0.0305 e. The van der Waals surface area contributed by atoms with Crippen molar-refractivity contribution in [3.8, 4) is 0 Å². The molecule has 0 saturated heterocycles. The fraction of sp³-hybridized carbons (Fsp3) is 1.00. The van der Waals surface area contributed by atoms with Gasteiger partial charge < -0.3 is 0 Å². The van der Waals surface area contributed by atoms with Gasteiger partial charge in [0.1, 0.15) is 0 Å². The van der Waals surface area contributed by atoms with Crippen molar-refractivity contribution in [1.29, 1.82) is 0 Å². The van der Waals surface area contributed by atoms with Gasteiger partial charge in [-0.2, -0.15) is 0 Å². The van der Waals surface area contributed by atoms with Gasteiger partial charge in [0.25, 0.3) is 0 Å². The summed E-state index contributed by atoms with van der Waals surface area (Å²) in [5.74, 6) is 0.836. The molecule has 0 saturated carbocycles. The van der Waals surface area contributed by atoms with Crippen LogP contribution in [-0.2, 0) is 0 Å². The smallest absolute Gasteiger partial charge is 0.0305 e. The lowest BCUT2D eigenvalue weighted by Gasteiger charge is -2.37. The lowest BCUT2D eigenvalue weighted by molar-refractivity contribution is 0.132. The maximum absolute atomic E-state index is 2.43. The normalized spacial score (nSPS) is 15.9. The number of rotatable bonds is 4.